The highest BCUT2D eigenvalue weighted by molar-refractivity contribution is 14.1. The maximum atomic E-state index is 12.4. The molecule has 146 valence electrons. The molecule has 0 radical (unpaired) electrons. The zero-order valence-electron chi connectivity index (χ0n) is 14.6. The number of carbonyl (C=O) groups excluding carboxylic acids is 2. The molecule has 0 saturated heterocycles. The van der Waals surface area contributed by atoms with Gasteiger partial charge in [-0.3, -0.25) is 19.7 Å². The van der Waals surface area contributed by atoms with Crippen molar-refractivity contribution >= 4 is 49.9 Å². The Morgan fingerprint density at radius 2 is 1.89 bits per heavy atom. The normalized spacial score (nSPS) is 11.9. The summed E-state index contributed by atoms with van der Waals surface area (Å²) >= 11 is 1.85. The second kappa shape index (κ2) is 9.65. The van der Waals surface area contributed by atoms with Gasteiger partial charge in [0, 0.05) is 17.0 Å². The van der Waals surface area contributed by atoms with Gasteiger partial charge in [-0.25, -0.2) is 8.42 Å². The molecule has 1 aromatic carbocycles. The number of amides is 2. The Kier molecular flexibility index (Phi) is 8.17. The highest BCUT2D eigenvalue weighted by Crippen LogP contribution is 2.25. The van der Waals surface area contributed by atoms with Gasteiger partial charge in [0.2, 0.25) is 21.7 Å². The number of anilines is 1. The molecule has 1 aromatic rings. The zero-order chi connectivity index (χ0) is 20.8. The van der Waals surface area contributed by atoms with Crippen LogP contribution in [0.2, 0.25) is 0 Å². The summed E-state index contributed by atoms with van der Waals surface area (Å²) in [6.07, 6.45) is 5.22. The minimum Gasteiger partial charge on any atom is -0.343 e. The van der Waals surface area contributed by atoms with Crippen LogP contribution in [0.3, 0.4) is 0 Å². The van der Waals surface area contributed by atoms with E-state index in [2.05, 4.69) is 16.6 Å². The van der Waals surface area contributed by atoms with E-state index < -0.39 is 32.6 Å². The summed E-state index contributed by atoms with van der Waals surface area (Å²) in [4.78, 5) is 33.4. The molecule has 2 amide bonds. The van der Waals surface area contributed by atoms with Crippen LogP contribution in [0.15, 0.2) is 17.0 Å². The van der Waals surface area contributed by atoms with Crippen LogP contribution in [-0.4, -0.2) is 41.5 Å². The fraction of sp³-hybridized carbons (Fsp3) is 0.375. The molecule has 0 aliphatic rings. The Balaban J connectivity index is 3.13. The molecule has 0 aliphatic heterocycles. The first-order valence-corrected chi connectivity index (χ1v) is 10.7. The second-order valence-corrected chi connectivity index (χ2v) is 8.33. The van der Waals surface area contributed by atoms with Gasteiger partial charge < -0.3 is 10.6 Å². The summed E-state index contributed by atoms with van der Waals surface area (Å²) in [5.41, 5.74) is 0.815. The predicted octanol–water partition coefficient (Wildman–Crippen LogP) is 1.19. The molecular formula is C16H18IN3O6S. The first kappa shape index (κ1) is 22.8. The van der Waals surface area contributed by atoms with Crippen LogP contribution in [0.25, 0.3) is 0 Å². The van der Waals surface area contributed by atoms with Crippen molar-refractivity contribution in [1.29, 1.82) is 0 Å². The number of hydrogen-bond donors (Lipinski definition) is 2. The van der Waals surface area contributed by atoms with E-state index in [0.29, 0.717) is 5.69 Å². The summed E-state index contributed by atoms with van der Waals surface area (Å²) in [5.74, 6) is 0.200. The van der Waals surface area contributed by atoms with Crippen LogP contribution < -0.4 is 10.6 Å². The fourth-order valence-corrected chi connectivity index (χ4v) is 4.23. The van der Waals surface area contributed by atoms with Gasteiger partial charge >= 0.3 is 5.88 Å². The molecule has 1 atom stereocenters. The van der Waals surface area contributed by atoms with E-state index >= 15 is 0 Å². The Labute approximate surface area is 170 Å². The number of halogens is 1. The number of aryl methyl sites for hydroxylation is 2. The Morgan fingerprint density at radius 1 is 1.33 bits per heavy atom. The average Bonchev–Trinajstić information content (AvgIpc) is 2.51. The van der Waals surface area contributed by atoms with Gasteiger partial charge in [-0.15, -0.1) is 12.3 Å². The molecule has 0 saturated carbocycles. The summed E-state index contributed by atoms with van der Waals surface area (Å²) in [5, 5.41) is 15.7. The lowest BCUT2D eigenvalue weighted by Gasteiger charge is -2.17. The van der Waals surface area contributed by atoms with Gasteiger partial charge in [-0.2, -0.15) is 0 Å². The Bertz CT molecular complexity index is 884. The lowest BCUT2D eigenvalue weighted by Crippen LogP contribution is -2.44. The summed E-state index contributed by atoms with van der Waals surface area (Å²) < 4.78 is 24.5. The number of hydrogen-bond acceptors (Lipinski definition) is 6. The van der Waals surface area contributed by atoms with Crippen LogP contribution in [0.1, 0.15) is 17.5 Å². The van der Waals surface area contributed by atoms with Gasteiger partial charge in [0.15, 0.2) is 0 Å². The van der Waals surface area contributed by atoms with E-state index in [-0.39, 0.29) is 32.8 Å². The Morgan fingerprint density at radius 3 is 2.33 bits per heavy atom. The summed E-state index contributed by atoms with van der Waals surface area (Å²) in [6.45, 7) is 2.96. The molecule has 0 aromatic heterocycles. The number of terminal acetylenes is 1. The number of nitrogens with one attached hydrogen (secondary N) is 2. The molecule has 0 bridgehead atoms. The van der Waals surface area contributed by atoms with E-state index in [1.165, 1.54) is 26.0 Å². The number of benzene rings is 1. The van der Waals surface area contributed by atoms with Crippen LogP contribution >= 0.6 is 22.6 Å². The topological polar surface area (TPSA) is 135 Å². The van der Waals surface area contributed by atoms with Crippen molar-refractivity contribution in [2.75, 3.05) is 15.6 Å². The maximum Gasteiger partial charge on any atom is 0.305 e. The van der Waals surface area contributed by atoms with Gasteiger partial charge in [-0.1, -0.05) is 22.6 Å². The number of nitro groups is 1. The molecule has 0 spiro atoms. The highest BCUT2D eigenvalue weighted by atomic mass is 127. The monoisotopic (exact) mass is 507 g/mol. The molecular weight excluding hydrogens is 489 g/mol. The van der Waals surface area contributed by atoms with Crippen molar-refractivity contribution in [1.82, 2.24) is 5.32 Å². The van der Waals surface area contributed by atoms with E-state index in [1.54, 1.807) is 0 Å². The van der Waals surface area contributed by atoms with Crippen molar-refractivity contribution in [3.05, 3.63) is 33.4 Å². The average molecular weight is 507 g/mol. The third-order valence-corrected chi connectivity index (χ3v) is 5.92. The summed E-state index contributed by atoms with van der Waals surface area (Å²) in [6, 6.07) is 1.85. The van der Waals surface area contributed by atoms with Crippen LogP contribution in [0.5, 0.6) is 0 Å². The lowest BCUT2D eigenvalue weighted by atomic mass is 10.1. The van der Waals surface area contributed by atoms with Gasteiger partial charge in [0.05, 0.1) is 9.32 Å². The lowest BCUT2D eigenvalue weighted by molar-refractivity contribution is -0.458. The molecule has 1 rings (SSSR count). The number of sulfone groups is 1. The third kappa shape index (κ3) is 6.47. The van der Waals surface area contributed by atoms with Crippen molar-refractivity contribution in [3.8, 4) is 12.3 Å². The van der Waals surface area contributed by atoms with E-state index in [1.807, 2.05) is 22.6 Å². The van der Waals surface area contributed by atoms with Crippen LogP contribution in [0, 0.1) is 36.3 Å². The fourth-order valence-electron chi connectivity index (χ4n) is 2.51. The zero-order valence-corrected chi connectivity index (χ0v) is 17.6. The highest BCUT2D eigenvalue weighted by Gasteiger charge is 2.26. The van der Waals surface area contributed by atoms with Gasteiger partial charge in [-0.05, 0) is 37.1 Å². The molecule has 11 heteroatoms. The van der Waals surface area contributed by atoms with Crippen molar-refractivity contribution in [2.45, 2.75) is 31.2 Å². The molecule has 2 N–H and O–H groups in total. The van der Waals surface area contributed by atoms with Crippen molar-refractivity contribution in [3.63, 3.8) is 0 Å². The minimum absolute atomic E-state index is 0.0124. The summed E-state index contributed by atoms with van der Waals surface area (Å²) in [7, 11) is -4.11. The predicted molar refractivity (Wildman–Crippen MR) is 108 cm³/mol. The van der Waals surface area contributed by atoms with Gasteiger partial charge in [0.1, 0.15) is 6.04 Å². The van der Waals surface area contributed by atoms with E-state index in [0.717, 1.165) is 0 Å². The smallest absolute Gasteiger partial charge is 0.305 e. The molecule has 9 nitrogen and oxygen atoms in total. The maximum absolute atomic E-state index is 12.4. The first-order chi connectivity index (χ1) is 12.5. The molecule has 0 heterocycles. The SMILES string of the molecule is C#CCC(NC(=O)CI)C(=O)Nc1cc(C)c(S(=O)(=O)C[N+](=O)[O-])c(C)c1. The number of alkyl halides is 1. The Hall–Kier alpha value is -2.20. The molecule has 0 fully saturated rings. The molecule has 27 heavy (non-hydrogen) atoms. The molecule has 0 aliphatic carbocycles. The van der Waals surface area contributed by atoms with Gasteiger partial charge in [0.25, 0.3) is 0 Å². The minimum atomic E-state index is -4.11. The van der Waals surface area contributed by atoms with E-state index in [4.69, 9.17) is 6.42 Å². The third-order valence-electron chi connectivity index (χ3n) is 3.41. The number of nitrogens with zero attached hydrogens (tertiary/aromatic N) is 1. The quantitative estimate of drug-likeness (QED) is 0.179. The van der Waals surface area contributed by atoms with Crippen LogP contribution in [0.4, 0.5) is 5.69 Å². The first-order valence-electron chi connectivity index (χ1n) is 7.57. The standard InChI is InChI=1S/C16H18IN3O6S/c1-4-5-13(19-14(21)8-17)16(22)18-12-6-10(2)15(11(3)7-12)27(25,26)9-20(23)24/h1,6-7,13H,5,8-9H2,2-3H3,(H,18,22)(H,19,21). The largest absolute Gasteiger partial charge is 0.343 e. The second-order valence-electron chi connectivity index (χ2n) is 5.67. The van der Waals surface area contributed by atoms with Crippen molar-refractivity contribution < 1.29 is 22.9 Å². The van der Waals surface area contributed by atoms with E-state index in [9.17, 15) is 28.1 Å². The number of rotatable bonds is 8. The molecule has 1 unspecified atom stereocenters. The number of carbonyl (C=O) groups is 2. The van der Waals surface area contributed by atoms with Crippen molar-refractivity contribution in [2.24, 2.45) is 0 Å². The van der Waals surface area contributed by atoms with Crippen LogP contribution in [-0.2, 0) is 19.4 Å².